The van der Waals surface area contributed by atoms with Crippen molar-refractivity contribution in [3.63, 3.8) is 0 Å². The van der Waals surface area contributed by atoms with Gasteiger partial charge in [-0.05, 0) is 25.0 Å². The Morgan fingerprint density at radius 3 is 2.76 bits per heavy atom. The number of hydrogen-bond donors (Lipinski definition) is 1. The van der Waals surface area contributed by atoms with Crippen LogP contribution in [0.4, 0.5) is 0 Å². The smallest absolute Gasteiger partial charge is 0.274 e. The molecule has 2 atom stereocenters. The summed E-state index contributed by atoms with van der Waals surface area (Å²) in [6.07, 6.45) is 2.04. The summed E-state index contributed by atoms with van der Waals surface area (Å²) in [6.45, 7) is 1.96. The fourth-order valence-electron chi connectivity index (χ4n) is 3.72. The van der Waals surface area contributed by atoms with E-state index in [4.69, 9.17) is 10.5 Å². The topological polar surface area (TPSA) is 90.5 Å². The zero-order chi connectivity index (χ0) is 17.4. The van der Waals surface area contributed by atoms with E-state index in [0.717, 1.165) is 12.8 Å². The van der Waals surface area contributed by atoms with Crippen molar-refractivity contribution in [2.24, 2.45) is 11.7 Å². The zero-order valence-corrected chi connectivity index (χ0v) is 13.8. The van der Waals surface area contributed by atoms with Gasteiger partial charge in [0.2, 0.25) is 0 Å². The Balaban J connectivity index is 1.68. The van der Waals surface area contributed by atoms with E-state index in [2.05, 4.69) is 5.10 Å². The van der Waals surface area contributed by atoms with Crippen molar-refractivity contribution in [1.82, 2.24) is 14.7 Å². The highest BCUT2D eigenvalue weighted by Crippen LogP contribution is 2.30. The molecule has 2 aromatic rings. The number of piperidine rings is 1. The Labute approximate surface area is 145 Å². The molecule has 3 heterocycles. The summed E-state index contributed by atoms with van der Waals surface area (Å²) in [7, 11) is 0. The van der Waals surface area contributed by atoms with Gasteiger partial charge in [0.1, 0.15) is 5.69 Å². The quantitative estimate of drug-likeness (QED) is 0.910. The second-order valence-electron chi connectivity index (χ2n) is 6.53. The summed E-state index contributed by atoms with van der Waals surface area (Å²) in [5.41, 5.74) is 6.62. The molecule has 2 amide bonds. The summed E-state index contributed by atoms with van der Waals surface area (Å²) in [5.74, 6) is -0.391. The molecule has 0 aliphatic carbocycles. The Kier molecular flexibility index (Phi) is 4.01. The van der Waals surface area contributed by atoms with Crippen LogP contribution in [-0.2, 0) is 4.74 Å². The summed E-state index contributed by atoms with van der Waals surface area (Å²) in [4.78, 5) is 26.6. The van der Waals surface area contributed by atoms with Crippen molar-refractivity contribution in [2.45, 2.75) is 18.9 Å². The summed E-state index contributed by atoms with van der Waals surface area (Å²) >= 11 is 0. The molecule has 1 aromatic heterocycles. The van der Waals surface area contributed by atoms with Gasteiger partial charge in [0.15, 0.2) is 5.69 Å². The molecule has 0 radical (unpaired) electrons. The van der Waals surface area contributed by atoms with E-state index in [1.165, 1.54) is 10.7 Å². The lowest BCUT2D eigenvalue weighted by molar-refractivity contribution is 0.0552. The second kappa shape index (κ2) is 6.33. The molecule has 2 saturated heterocycles. The van der Waals surface area contributed by atoms with Crippen molar-refractivity contribution in [3.8, 4) is 5.69 Å². The molecule has 130 valence electrons. The second-order valence-corrected chi connectivity index (χ2v) is 6.53. The number of nitrogens with zero attached hydrogens (tertiary/aromatic N) is 3. The van der Waals surface area contributed by atoms with E-state index in [1.54, 1.807) is 0 Å². The first-order chi connectivity index (χ1) is 12.1. The molecular formula is C18H20N4O3. The lowest BCUT2D eigenvalue weighted by Gasteiger charge is -2.35. The van der Waals surface area contributed by atoms with Gasteiger partial charge in [0, 0.05) is 18.5 Å². The summed E-state index contributed by atoms with van der Waals surface area (Å²) in [6, 6.07) is 10.8. The van der Waals surface area contributed by atoms with E-state index in [9.17, 15) is 9.59 Å². The van der Waals surface area contributed by atoms with Crippen LogP contribution in [0.15, 0.2) is 36.4 Å². The Morgan fingerprint density at radius 2 is 2.00 bits per heavy atom. The monoisotopic (exact) mass is 340 g/mol. The predicted octanol–water partition coefficient (Wildman–Crippen LogP) is 1.22. The minimum atomic E-state index is -0.615. The van der Waals surface area contributed by atoms with Crippen LogP contribution < -0.4 is 5.73 Å². The predicted molar refractivity (Wildman–Crippen MR) is 90.4 cm³/mol. The number of carbonyl (C=O) groups is 2. The van der Waals surface area contributed by atoms with Gasteiger partial charge >= 0.3 is 0 Å². The number of nitrogens with two attached hydrogens (primary N) is 1. The Bertz CT molecular complexity index is 802. The highest BCUT2D eigenvalue weighted by Gasteiger charge is 2.39. The van der Waals surface area contributed by atoms with Crippen molar-refractivity contribution < 1.29 is 14.3 Å². The fraction of sp³-hybridized carbons (Fsp3) is 0.389. The maximum Gasteiger partial charge on any atom is 0.274 e. The lowest BCUT2D eigenvalue weighted by Crippen LogP contribution is -2.48. The molecule has 0 unspecified atom stereocenters. The summed E-state index contributed by atoms with van der Waals surface area (Å²) in [5, 5.41) is 4.37. The third kappa shape index (κ3) is 2.80. The number of amides is 2. The van der Waals surface area contributed by atoms with E-state index in [1.807, 2.05) is 35.2 Å². The van der Waals surface area contributed by atoms with Gasteiger partial charge in [-0.2, -0.15) is 5.10 Å². The molecule has 25 heavy (non-hydrogen) atoms. The molecule has 2 aliphatic rings. The standard InChI is InChI=1S/C18H20N4O3/c19-17(23)15-9-14(20-22(15)13-6-2-1-3-7-13)18(24)21-8-4-5-12-10-25-11-16(12)21/h1-3,6-7,9,12,16H,4-5,8,10-11H2,(H2,19,23)/t12-,16+/m0/s1. The number of rotatable bonds is 3. The fourth-order valence-corrected chi connectivity index (χ4v) is 3.72. The minimum absolute atomic E-state index is 0.0974. The maximum absolute atomic E-state index is 13.0. The highest BCUT2D eigenvalue weighted by atomic mass is 16.5. The first kappa shape index (κ1) is 15.8. The Morgan fingerprint density at radius 1 is 1.20 bits per heavy atom. The molecule has 1 aromatic carbocycles. The molecule has 2 fully saturated rings. The van der Waals surface area contributed by atoms with Crippen molar-refractivity contribution in [1.29, 1.82) is 0 Å². The van der Waals surface area contributed by atoms with Gasteiger partial charge in [-0.1, -0.05) is 18.2 Å². The van der Waals surface area contributed by atoms with Gasteiger partial charge in [-0.25, -0.2) is 4.68 Å². The molecular weight excluding hydrogens is 320 g/mol. The minimum Gasteiger partial charge on any atom is -0.379 e. The van der Waals surface area contributed by atoms with E-state index in [0.29, 0.717) is 31.4 Å². The summed E-state index contributed by atoms with van der Waals surface area (Å²) < 4.78 is 6.98. The largest absolute Gasteiger partial charge is 0.379 e. The number of aromatic nitrogens is 2. The van der Waals surface area contributed by atoms with Crippen LogP contribution in [0.3, 0.4) is 0 Å². The normalized spacial score (nSPS) is 22.6. The SMILES string of the molecule is NC(=O)c1cc(C(=O)N2CCC[C@H]3COC[C@H]32)nn1-c1ccccc1. The zero-order valence-electron chi connectivity index (χ0n) is 13.8. The van der Waals surface area contributed by atoms with E-state index < -0.39 is 5.91 Å². The Hall–Kier alpha value is -2.67. The van der Waals surface area contributed by atoms with Crippen LogP contribution in [0.5, 0.6) is 0 Å². The van der Waals surface area contributed by atoms with Crippen LogP contribution in [0.1, 0.15) is 33.8 Å². The molecule has 4 rings (SSSR count). The van der Waals surface area contributed by atoms with E-state index in [-0.39, 0.29) is 23.3 Å². The molecule has 2 aliphatic heterocycles. The van der Waals surface area contributed by atoms with Gasteiger partial charge < -0.3 is 15.4 Å². The molecule has 2 N–H and O–H groups in total. The first-order valence-corrected chi connectivity index (χ1v) is 8.49. The van der Waals surface area contributed by atoms with E-state index >= 15 is 0 Å². The van der Waals surface area contributed by atoms with Gasteiger partial charge in [-0.3, -0.25) is 9.59 Å². The van der Waals surface area contributed by atoms with Crippen molar-refractivity contribution >= 4 is 11.8 Å². The average Bonchev–Trinajstić information content (AvgIpc) is 3.28. The molecule has 7 heteroatoms. The number of carbonyl (C=O) groups excluding carboxylic acids is 2. The molecule has 0 bridgehead atoms. The molecule has 0 saturated carbocycles. The molecule has 7 nitrogen and oxygen atoms in total. The van der Waals surface area contributed by atoms with Gasteiger partial charge in [0.05, 0.1) is 24.9 Å². The third-order valence-corrected chi connectivity index (χ3v) is 4.98. The number of ether oxygens (including phenoxy) is 1. The third-order valence-electron chi connectivity index (χ3n) is 4.98. The average molecular weight is 340 g/mol. The lowest BCUT2D eigenvalue weighted by atomic mass is 9.92. The van der Waals surface area contributed by atoms with Crippen molar-refractivity contribution in [2.75, 3.05) is 19.8 Å². The van der Waals surface area contributed by atoms with Crippen LogP contribution in [0.2, 0.25) is 0 Å². The number of fused-ring (bicyclic) bond motifs is 1. The van der Waals surface area contributed by atoms with Crippen LogP contribution in [0, 0.1) is 5.92 Å². The van der Waals surface area contributed by atoms with Crippen LogP contribution >= 0.6 is 0 Å². The van der Waals surface area contributed by atoms with Gasteiger partial charge in [-0.15, -0.1) is 0 Å². The number of para-hydroxylation sites is 1. The highest BCUT2D eigenvalue weighted by molar-refractivity contribution is 5.97. The maximum atomic E-state index is 13.0. The number of hydrogen-bond acceptors (Lipinski definition) is 4. The van der Waals surface area contributed by atoms with Crippen LogP contribution in [-0.4, -0.2) is 52.3 Å². The molecule has 0 spiro atoms. The van der Waals surface area contributed by atoms with Crippen LogP contribution in [0.25, 0.3) is 5.69 Å². The number of benzene rings is 1. The first-order valence-electron chi connectivity index (χ1n) is 8.49. The van der Waals surface area contributed by atoms with Gasteiger partial charge in [0.25, 0.3) is 11.8 Å². The van der Waals surface area contributed by atoms with Crippen molar-refractivity contribution in [3.05, 3.63) is 47.8 Å². The number of likely N-dealkylation sites (tertiary alicyclic amines) is 1. The number of primary amides is 1.